The van der Waals surface area contributed by atoms with E-state index in [9.17, 15) is 8.78 Å². The minimum Gasteiger partial charge on any atom is -0.349 e. The van der Waals surface area contributed by atoms with Crippen molar-refractivity contribution >= 4 is 0 Å². The molecule has 2 aromatic rings. The van der Waals surface area contributed by atoms with E-state index in [0.29, 0.717) is 12.1 Å². The number of nitrogens with zero attached hydrogens (tertiary/aromatic N) is 1. The highest BCUT2D eigenvalue weighted by molar-refractivity contribution is 5.21. The fourth-order valence-corrected chi connectivity index (χ4v) is 1.88. The van der Waals surface area contributed by atoms with Crippen molar-refractivity contribution in [3.05, 3.63) is 59.4 Å². The van der Waals surface area contributed by atoms with Crippen LogP contribution in [0.15, 0.2) is 36.7 Å². The summed E-state index contributed by atoms with van der Waals surface area (Å²) in [5.74, 6) is -1.60. The van der Waals surface area contributed by atoms with E-state index in [-0.39, 0.29) is 6.04 Å². The first-order valence-corrected chi connectivity index (χ1v) is 5.96. The molecule has 2 nitrogen and oxygen atoms in total. The Kier molecular flexibility index (Phi) is 3.77. The van der Waals surface area contributed by atoms with Gasteiger partial charge in [0.25, 0.3) is 0 Å². The van der Waals surface area contributed by atoms with Gasteiger partial charge in [-0.25, -0.2) is 8.78 Å². The molecular weight excluding hydrogens is 234 g/mol. The van der Waals surface area contributed by atoms with Crippen molar-refractivity contribution in [2.24, 2.45) is 5.73 Å². The number of nitrogens with two attached hydrogens (primary N) is 1. The van der Waals surface area contributed by atoms with Crippen LogP contribution in [0.1, 0.15) is 30.5 Å². The molecule has 0 bridgehead atoms. The van der Waals surface area contributed by atoms with E-state index in [2.05, 4.69) is 0 Å². The lowest BCUT2D eigenvalue weighted by Gasteiger charge is -2.07. The molecule has 0 amide bonds. The fourth-order valence-electron chi connectivity index (χ4n) is 1.88. The predicted molar refractivity (Wildman–Crippen MR) is 67.1 cm³/mol. The van der Waals surface area contributed by atoms with Crippen LogP contribution < -0.4 is 5.73 Å². The monoisotopic (exact) mass is 250 g/mol. The molecule has 0 saturated carbocycles. The Morgan fingerprint density at radius 3 is 2.78 bits per heavy atom. The zero-order valence-corrected chi connectivity index (χ0v) is 10.2. The standard InChI is InChI=1S/C14H16F2N2/c1-2-13(17)10-6-7-18(8-10)9-11-4-3-5-12(15)14(11)16/h3-8,13H,2,9,17H2,1H3. The Labute approximate surface area is 105 Å². The van der Waals surface area contributed by atoms with Gasteiger partial charge in [-0.3, -0.25) is 0 Å². The lowest BCUT2D eigenvalue weighted by molar-refractivity contribution is 0.495. The molecule has 0 saturated heterocycles. The molecule has 0 fully saturated rings. The summed E-state index contributed by atoms with van der Waals surface area (Å²) in [6.07, 6.45) is 4.55. The first-order chi connectivity index (χ1) is 8.61. The van der Waals surface area contributed by atoms with Gasteiger partial charge in [0.05, 0.1) is 0 Å². The number of rotatable bonds is 4. The maximum absolute atomic E-state index is 13.5. The van der Waals surface area contributed by atoms with Gasteiger partial charge in [-0.15, -0.1) is 0 Å². The summed E-state index contributed by atoms with van der Waals surface area (Å²) in [5.41, 5.74) is 7.25. The van der Waals surface area contributed by atoms with Crippen LogP contribution in [0.25, 0.3) is 0 Å². The van der Waals surface area contributed by atoms with Gasteiger partial charge in [-0.1, -0.05) is 19.1 Å². The largest absolute Gasteiger partial charge is 0.349 e. The number of hydrogen-bond donors (Lipinski definition) is 1. The van der Waals surface area contributed by atoms with Gasteiger partial charge in [-0.2, -0.15) is 0 Å². The Bertz CT molecular complexity index is 534. The maximum Gasteiger partial charge on any atom is 0.163 e. The SMILES string of the molecule is CCC(N)c1ccn(Cc2cccc(F)c2F)c1. The molecule has 96 valence electrons. The Balaban J connectivity index is 2.19. The average Bonchev–Trinajstić information content (AvgIpc) is 2.82. The molecule has 1 atom stereocenters. The van der Waals surface area contributed by atoms with Crippen molar-refractivity contribution in [1.29, 1.82) is 0 Å². The molecule has 0 aliphatic rings. The van der Waals surface area contributed by atoms with Gasteiger partial charge in [-0.05, 0) is 24.1 Å². The van der Waals surface area contributed by atoms with Crippen molar-refractivity contribution in [3.8, 4) is 0 Å². The molecule has 1 aromatic carbocycles. The molecule has 0 spiro atoms. The second kappa shape index (κ2) is 5.31. The van der Waals surface area contributed by atoms with Gasteiger partial charge in [0.15, 0.2) is 11.6 Å². The smallest absolute Gasteiger partial charge is 0.163 e. The summed E-state index contributed by atoms with van der Waals surface area (Å²) in [6.45, 7) is 2.31. The third kappa shape index (κ3) is 2.59. The number of halogens is 2. The number of benzene rings is 1. The van der Waals surface area contributed by atoms with Crippen molar-refractivity contribution in [3.63, 3.8) is 0 Å². The van der Waals surface area contributed by atoms with Crippen LogP contribution in [0.5, 0.6) is 0 Å². The predicted octanol–water partition coefficient (Wildman–Crippen LogP) is 3.22. The quantitative estimate of drug-likeness (QED) is 0.887. The third-order valence-corrected chi connectivity index (χ3v) is 3.03. The Morgan fingerprint density at radius 2 is 2.06 bits per heavy atom. The van der Waals surface area contributed by atoms with Gasteiger partial charge in [0.1, 0.15) is 0 Å². The summed E-state index contributed by atoms with van der Waals surface area (Å²) < 4.78 is 28.4. The Hall–Kier alpha value is -1.68. The molecule has 18 heavy (non-hydrogen) atoms. The van der Waals surface area contributed by atoms with Gasteiger partial charge < -0.3 is 10.3 Å². The molecule has 1 aromatic heterocycles. The molecule has 1 unspecified atom stereocenters. The van der Waals surface area contributed by atoms with Crippen LogP contribution in [0.2, 0.25) is 0 Å². The van der Waals surface area contributed by atoms with Crippen molar-refractivity contribution in [2.75, 3.05) is 0 Å². The van der Waals surface area contributed by atoms with Crippen LogP contribution in [-0.2, 0) is 6.54 Å². The fraction of sp³-hybridized carbons (Fsp3) is 0.286. The van der Waals surface area contributed by atoms with E-state index >= 15 is 0 Å². The zero-order chi connectivity index (χ0) is 13.1. The molecule has 2 N–H and O–H groups in total. The summed E-state index contributed by atoms with van der Waals surface area (Å²) in [7, 11) is 0. The van der Waals surface area contributed by atoms with Crippen LogP contribution >= 0.6 is 0 Å². The minimum atomic E-state index is -0.815. The lowest BCUT2D eigenvalue weighted by Crippen LogP contribution is -2.07. The summed E-state index contributed by atoms with van der Waals surface area (Å²) >= 11 is 0. The summed E-state index contributed by atoms with van der Waals surface area (Å²) in [6, 6.07) is 6.11. The molecule has 1 heterocycles. The molecular formula is C14H16F2N2. The molecule has 2 rings (SSSR count). The highest BCUT2D eigenvalue weighted by Crippen LogP contribution is 2.17. The second-order valence-corrected chi connectivity index (χ2v) is 4.34. The normalized spacial score (nSPS) is 12.7. The van der Waals surface area contributed by atoms with E-state index in [1.807, 2.05) is 30.0 Å². The molecule has 0 aliphatic carbocycles. The second-order valence-electron chi connectivity index (χ2n) is 4.34. The summed E-state index contributed by atoms with van der Waals surface area (Å²) in [4.78, 5) is 0. The zero-order valence-electron chi connectivity index (χ0n) is 10.2. The van der Waals surface area contributed by atoms with Gasteiger partial charge >= 0.3 is 0 Å². The van der Waals surface area contributed by atoms with Crippen molar-refractivity contribution < 1.29 is 8.78 Å². The van der Waals surface area contributed by atoms with Crippen molar-refractivity contribution in [1.82, 2.24) is 4.57 Å². The first kappa shape index (κ1) is 12.8. The van der Waals surface area contributed by atoms with E-state index in [1.165, 1.54) is 6.07 Å². The average molecular weight is 250 g/mol. The summed E-state index contributed by atoms with van der Waals surface area (Å²) in [5, 5.41) is 0. The lowest BCUT2D eigenvalue weighted by atomic mass is 10.1. The van der Waals surface area contributed by atoms with Crippen molar-refractivity contribution in [2.45, 2.75) is 25.9 Å². The van der Waals surface area contributed by atoms with E-state index in [1.54, 1.807) is 6.07 Å². The highest BCUT2D eigenvalue weighted by atomic mass is 19.2. The third-order valence-electron chi connectivity index (χ3n) is 3.03. The minimum absolute atomic E-state index is 0.0105. The van der Waals surface area contributed by atoms with E-state index < -0.39 is 11.6 Å². The Morgan fingerprint density at radius 1 is 1.28 bits per heavy atom. The van der Waals surface area contributed by atoms with E-state index in [4.69, 9.17) is 5.73 Å². The van der Waals surface area contributed by atoms with Crippen LogP contribution in [-0.4, -0.2) is 4.57 Å². The topological polar surface area (TPSA) is 30.9 Å². The van der Waals surface area contributed by atoms with Crippen LogP contribution in [0.3, 0.4) is 0 Å². The molecule has 4 heteroatoms. The highest BCUT2D eigenvalue weighted by Gasteiger charge is 2.09. The number of hydrogen-bond acceptors (Lipinski definition) is 1. The molecule has 0 radical (unpaired) electrons. The van der Waals surface area contributed by atoms with Gasteiger partial charge in [0.2, 0.25) is 0 Å². The van der Waals surface area contributed by atoms with E-state index in [0.717, 1.165) is 18.1 Å². The van der Waals surface area contributed by atoms with Crippen LogP contribution in [0, 0.1) is 11.6 Å². The molecule has 0 aliphatic heterocycles. The maximum atomic E-state index is 13.5. The first-order valence-electron chi connectivity index (χ1n) is 5.96. The van der Waals surface area contributed by atoms with Crippen LogP contribution in [0.4, 0.5) is 8.78 Å². The van der Waals surface area contributed by atoms with Gasteiger partial charge in [0, 0.05) is 30.5 Å². The number of aromatic nitrogens is 1.